The summed E-state index contributed by atoms with van der Waals surface area (Å²) < 4.78 is 0.562. The van der Waals surface area contributed by atoms with Crippen LogP contribution < -0.4 is 5.32 Å². The Morgan fingerprint density at radius 2 is 1.90 bits per heavy atom. The molecule has 0 aromatic heterocycles. The molecule has 1 aromatic carbocycles. The second kappa shape index (κ2) is 8.46. The zero-order valence-corrected chi connectivity index (χ0v) is 14.7. The van der Waals surface area contributed by atoms with Gasteiger partial charge < -0.3 is 5.32 Å². The molecule has 0 fully saturated rings. The van der Waals surface area contributed by atoms with Crippen molar-refractivity contribution < 1.29 is 4.92 Å². The molecule has 1 N–H and O–H groups in total. The first kappa shape index (κ1) is 18.1. The summed E-state index contributed by atoms with van der Waals surface area (Å²) in [6.45, 7) is 11.2. The van der Waals surface area contributed by atoms with Gasteiger partial charge in [0.25, 0.3) is 5.69 Å². The maximum absolute atomic E-state index is 10.9. The molecule has 0 saturated heterocycles. The van der Waals surface area contributed by atoms with Crippen LogP contribution in [0.25, 0.3) is 0 Å². The van der Waals surface area contributed by atoms with Crippen molar-refractivity contribution in [2.24, 2.45) is 0 Å². The highest BCUT2D eigenvalue weighted by atomic mass is 79.9. The summed E-state index contributed by atoms with van der Waals surface area (Å²) >= 11 is 3.32. The monoisotopic (exact) mass is 357 g/mol. The maximum atomic E-state index is 10.9. The van der Waals surface area contributed by atoms with E-state index in [-0.39, 0.29) is 10.6 Å². The molecule has 0 heterocycles. The van der Waals surface area contributed by atoms with Crippen LogP contribution >= 0.6 is 15.9 Å². The molecule has 0 bridgehead atoms. The van der Waals surface area contributed by atoms with Gasteiger partial charge in [0.05, 0.1) is 9.40 Å². The molecule has 0 aliphatic heterocycles. The van der Waals surface area contributed by atoms with Crippen molar-refractivity contribution >= 4 is 21.6 Å². The molecule has 0 radical (unpaired) electrons. The molecule has 5 nitrogen and oxygen atoms in total. The summed E-state index contributed by atoms with van der Waals surface area (Å²) in [4.78, 5) is 12.9. The van der Waals surface area contributed by atoms with Gasteiger partial charge in [-0.05, 0) is 49.2 Å². The number of rotatable bonds is 8. The number of hydrogen-bond acceptors (Lipinski definition) is 4. The lowest BCUT2D eigenvalue weighted by molar-refractivity contribution is -0.385. The smallest absolute Gasteiger partial charge is 0.283 e. The highest BCUT2D eigenvalue weighted by Crippen LogP contribution is 2.28. The topological polar surface area (TPSA) is 58.4 Å². The summed E-state index contributed by atoms with van der Waals surface area (Å²) in [5.74, 6) is 0. The van der Waals surface area contributed by atoms with Crippen molar-refractivity contribution in [3.05, 3.63) is 38.3 Å². The Labute approximate surface area is 135 Å². The Balaban J connectivity index is 2.53. The number of benzene rings is 1. The predicted octanol–water partition coefficient (Wildman–Crippen LogP) is 3.57. The Morgan fingerprint density at radius 1 is 1.29 bits per heavy atom. The zero-order valence-electron chi connectivity index (χ0n) is 13.1. The average Bonchev–Trinajstić information content (AvgIpc) is 2.38. The van der Waals surface area contributed by atoms with E-state index < -0.39 is 0 Å². The van der Waals surface area contributed by atoms with E-state index in [1.807, 2.05) is 6.07 Å². The maximum Gasteiger partial charge on any atom is 0.283 e. The SMILES string of the molecule is CC(C)N(CCNCc1cccc([N+](=O)[O-])c1Br)C(C)C. The predicted molar refractivity (Wildman–Crippen MR) is 89.5 cm³/mol. The third-order valence-electron chi connectivity index (χ3n) is 3.44. The Hall–Kier alpha value is -0.980. The summed E-state index contributed by atoms with van der Waals surface area (Å²) in [7, 11) is 0. The minimum Gasteiger partial charge on any atom is -0.311 e. The van der Waals surface area contributed by atoms with Gasteiger partial charge in [0.1, 0.15) is 0 Å². The summed E-state index contributed by atoms with van der Waals surface area (Å²) in [5, 5.41) is 14.2. The van der Waals surface area contributed by atoms with Gasteiger partial charge in [0.2, 0.25) is 0 Å². The lowest BCUT2D eigenvalue weighted by atomic mass is 10.2. The van der Waals surface area contributed by atoms with Gasteiger partial charge in [-0.25, -0.2) is 0 Å². The molecule has 0 amide bonds. The first-order valence-electron chi connectivity index (χ1n) is 7.22. The van der Waals surface area contributed by atoms with Crippen LogP contribution in [0.2, 0.25) is 0 Å². The standard InChI is InChI=1S/C15H24BrN3O2/c1-11(2)18(12(3)4)9-8-17-10-13-6-5-7-14(15(13)16)19(20)21/h5-7,11-12,17H,8-10H2,1-4H3. The van der Waals surface area contributed by atoms with Gasteiger partial charge in [-0.1, -0.05) is 12.1 Å². The van der Waals surface area contributed by atoms with Gasteiger partial charge in [-0.2, -0.15) is 0 Å². The van der Waals surface area contributed by atoms with Crippen molar-refractivity contribution in [3.8, 4) is 0 Å². The first-order chi connectivity index (χ1) is 9.84. The van der Waals surface area contributed by atoms with E-state index in [9.17, 15) is 10.1 Å². The summed E-state index contributed by atoms with van der Waals surface area (Å²) in [6.07, 6.45) is 0. The van der Waals surface area contributed by atoms with Crippen LogP contribution in [0.4, 0.5) is 5.69 Å². The van der Waals surface area contributed by atoms with Crippen LogP contribution in [0.1, 0.15) is 33.3 Å². The quantitative estimate of drug-likeness (QED) is 0.439. The lowest BCUT2D eigenvalue weighted by Gasteiger charge is -2.30. The number of hydrogen-bond donors (Lipinski definition) is 1. The largest absolute Gasteiger partial charge is 0.311 e. The first-order valence-corrected chi connectivity index (χ1v) is 8.02. The molecule has 6 heteroatoms. The average molecular weight is 358 g/mol. The van der Waals surface area contributed by atoms with Crippen molar-refractivity contribution in [2.45, 2.75) is 46.3 Å². The lowest BCUT2D eigenvalue weighted by Crippen LogP contribution is -2.41. The van der Waals surface area contributed by atoms with Crippen molar-refractivity contribution in [1.82, 2.24) is 10.2 Å². The molecule has 1 rings (SSSR count). The number of nitrogens with one attached hydrogen (secondary N) is 1. The normalized spacial score (nSPS) is 11.6. The van der Waals surface area contributed by atoms with Crippen LogP contribution in [0, 0.1) is 10.1 Å². The van der Waals surface area contributed by atoms with E-state index >= 15 is 0 Å². The van der Waals surface area contributed by atoms with E-state index in [4.69, 9.17) is 0 Å². The van der Waals surface area contributed by atoms with Gasteiger partial charge in [0.15, 0.2) is 0 Å². The fraction of sp³-hybridized carbons (Fsp3) is 0.600. The van der Waals surface area contributed by atoms with Crippen molar-refractivity contribution in [1.29, 1.82) is 0 Å². The second-order valence-electron chi connectivity index (χ2n) is 5.61. The molecule has 118 valence electrons. The Bertz CT molecular complexity index is 470. The van der Waals surface area contributed by atoms with Crippen molar-refractivity contribution in [3.63, 3.8) is 0 Å². The molecular formula is C15H24BrN3O2. The molecule has 0 aliphatic rings. The highest BCUT2D eigenvalue weighted by molar-refractivity contribution is 9.10. The molecule has 21 heavy (non-hydrogen) atoms. The molecule has 0 saturated carbocycles. The molecule has 0 aliphatic carbocycles. The molecule has 0 atom stereocenters. The summed E-state index contributed by atoms with van der Waals surface area (Å²) in [5.41, 5.74) is 1.02. The minimum atomic E-state index is -0.368. The molecule has 0 spiro atoms. The van der Waals surface area contributed by atoms with E-state index in [1.54, 1.807) is 6.07 Å². The van der Waals surface area contributed by atoms with Gasteiger partial charge in [-0.3, -0.25) is 15.0 Å². The van der Waals surface area contributed by atoms with Gasteiger partial charge in [0, 0.05) is 37.8 Å². The van der Waals surface area contributed by atoms with E-state index in [1.165, 1.54) is 6.07 Å². The summed E-state index contributed by atoms with van der Waals surface area (Å²) in [6, 6.07) is 6.14. The van der Waals surface area contributed by atoms with Crippen LogP contribution in [0.3, 0.4) is 0 Å². The fourth-order valence-electron chi connectivity index (χ4n) is 2.39. The number of nitro groups is 1. The molecular weight excluding hydrogens is 334 g/mol. The van der Waals surface area contributed by atoms with Crippen molar-refractivity contribution in [2.75, 3.05) is 13.1 Å². The van der Waals surface area contributed by atoms with Crippen LogP contribution in [-0.4, -0.2) is 35.0 Å². The van der Waals surface area contributed by atoms with E-state index in [2.05, 4.69) is 53.8 Å². The van der Waals surface area contributed by atoms with Crippen LogP contribution in [0.15, 0.2) is 22.7 Å². The number of nitro benzene ring substituents is 1. The van der Waals surface area contributed by atoms with Gasteiger partial charge >= 0.3 is 0 Å². The fourth-order valence-corrected chi connectivity index (χ4v) is 2.94. The third-order valence-corrected chi connectivity index (χ3v) is 4.36. The van der Waals surface area contributed by atoms with Gasteiger partial charge in [-0.15, -0.1) is 0 Å². The third kappa shape index (κ3) is 5.37. The second-order valence-corrected chi connectivity index (χ2v) is 6.40. The number of halogens is 1. The van der Waals surface area contributed by atoms with E-state index in [0.29, 0.717) is 23.1 Å². The highest BCUT2D eigenvalue weighted by Gasteiger charge is 2.15. The zero-order chi connectivity index (χ0) is 16.0. The van der Waals surface area contributed by atoms with Crippen LogP contribution in [-0.2, 0) is 6.54 Å². The number of nitrogens with zero attached hydrogens (tertiary/aromatic N) is 2. The Morgan fingerprint density at radius 3 is 2.43 bits per heavy atom. The minimum absolute atomic E-state index is 0.111. The Kier molecular flexibility index (Phi) is 7.28. The van der Waals surface area contributed by atoms with E-state index in [0.717, 1.165) is 18.7 Å². The van der Waals surface area contributed by atoms with Crippen LogP contribution in [0.5, 0.6) is 0 Å². The molecule has 0 unspecified atom stereocenters. The molecule has 1 aromatic rings.